The zero-order valence-corrected chi connectivity index (χ0v) is 12.1. The molecule has 1 atom stereocenters. The molecule has 7 heteroatoms. The van der Waals surface area contributed by atoms with Gasteiger partial charge in [-0.3, -0.25) is 0 Å². The Labute approximate surface area is 117 Å². The monoisotopic (exact) mass is 293 g/mol. The molecule has 18 heavy (non-hydrogen) atoms. The molecule has 5 nitrogen and oxygen atoms in total. The summed E-state index contributed by atoms with van der Waals surface area (Å²) in [5.41, 5.74) is 0. The van der Waals surface area contributed by atoms with Gasteiger partial charge in [-0.2, -0.15) is 0 Å². The summed E-state index contributed by atoms with van der Waals surface area (Å²) in [7, 11) is 5.06. The van der Waals surface area contributed by atoms with Crippen molar-refractivity contribution in [2.45, 2.75) is 6.10 Å². The van der Waals surface area contributed by atoms with E-state index < -0.39 is 6.10 Å². The third kappa shape index (κ3) is 3.88. The quantitative estimate of drug-likeness (QED) is 0.839. The molecule has 102 valence electrons. The first-order valence-corrected chi connectivity index (χ1v) is 6.17. The molecular weight excluding hydrogens is 277 g/mol. The van der Waals surface area contributed by atoms with E-state index in [4.69, 9.17) is 27.9 Å². The molecule has 0 radical (unpaired) electrons. The number of aliphatic hydroxyl groups is 1. The van der Waals surface area contributed by atoms with Gasteiger partial charge in [0.25, 0.3) is 0 Å². The molecule has 0 aliphatic heterocycles. The molecule has 1 aromatic rings. The van der Waals surface area contributed by atoms with Crippen molar-refractivity contribution >= 4 is 34.8 Å². The van der Waals surface area contributed by atoms with Crippen molar-refractivity contribution in [3.63, 3.8) is 0 Å². The fraction of sp³-hybridized carbons (Fsp3) is 0.545. The minimum absolute atomic E-state index is 0.258. The van der Waals surface area contributed by atoms with E-state index in [1.165, 1.54) is 7.11 Å². The molecule has 0 fully saturated rings. The summed E-state index contributed by atoms with van der Waals surface area (Å²) in [5.74, 6) is 1.10. The van der Waals surface area contributed by atoms with Gasteiger partial charge in [0, 0.05) is 27.7 Å². The predicted molar refractivity (Wildman–Crippen MR) is 75.0 cm³/mol. The first-order valence-electron chi connectivity index (χ1n) is 5.41. The first-order chi connectivity index (χ1) is 8.49. The summed E-state index contributed by atoms with van der Waals surface area (Å²) in [6.07, 6.45) is -0.605. The number of pyridine rings is 1. The van der Waals surface area contributed by atoms with E-state index in [1.54, 1.807) is 25.1 Å². The maximum Gasteiger partial charge on any atom is 0.149 e. The van der Waals surface area contributed by atoms with Crippen LogP contribution in [0.2, 0.25) is 10.0 Å². The van der Waals surface area contributed by atoms with Crippen molar-refractivity contribution in [2.75, 3.05) is 44.6 Å². The van der Waals surface area contributed by atoms with Crippen molar-refractivity contribution in [1.82, 2.24) is 4.98 Å². The van der Waals surface area contributed by atoms with E-state index >= 15 is 0 Å². The first kappa shape index (κ1) is 15.3. The van der Waals surface area contributed by atoms with Crippen molar-refractivity contribution < 1.29 is 9.84 Å². The van der Waals surface area contributed by atoms with Gasteiger partial charge >= 0.3 is 0 Å². The van der Waals surface area contributed by atoms with Gasteiger partial charge < -0.3 is 20.1 Å². The smallest absolute Gasteiger partial charge is 0.149 e. The van der Waals surface area contributed by atoms with Crippen LogP contribution in [0.4, 0.5) is 11.6 Å². The summed E-state index contributed by atoms with van der Waals surface area (Å²) >= 11 is 12.0. The highest BCUT2D eigenvalue weighted by atomic mass is 35.5. The van der Waals surface area contributed by atoms with Crippen molar-refractivity contribution in [3.8, 4) is 0 Å². The molecule has 0 aliphatic carbocycles. The number of aliphatic hydroxyl groups excluding tert-OH is 1. The molecule has 0 saturated carbocycles. The number of nitrogens with one attached hydrogen (secondary N) is 1. The second-order valence-electron chi connectivity index (χ2n) is 3.86. The second kappa shape index (κ2) is 6.99. The van der Waals surface area contributed by atoms with Crippen LogP contribution < -0.4 is 10.2 Å². The molecule has 0 saturated heterocycles. The van der Waals surface area contributed by atoms with E-state index in [2.05, 4.69) is 10.3 Å². The summed E-state index contributed by atoms with van der Waals surface area (Å²) in [5, 5.41) is 13.4. The van der Waals surface area contributed by atoms with Gasteiger partial charge in [0.15, 0.2) is 0 Å². The maximum absolute atomic E-state index is 9.67. The van der Waals surface area contributed by atoms with Crippen LogP contribution >= 0.6 is 23.2 Å². The lowest BCUT2D eigenvalue weighted by Crippen LogP contribution is -2.32. The zero-order chi connectivity index (χ0) is 13.7. The highest BCUT2D eigenvalue weighted by molar-refractivity contribution is 6.37. The van der Waals surface area contributed by atoms with Crippen LogP contribution in [0, 0.1) is 0 Å². The van der Waals surface area contributed by atoms with Crippen LogP contribution in [0.3, 0.4) is 0 Å². The topological polar surface area (TPSA) is 57.6 Å². The van der Waals surface area contributed by atoms with Gasteiger partial charge in [0.05, 0.1) is 22.8 Å². The van der Waals surface area contributed by atoms with Gasteiger partial charge in [-0.1, -0.05) is 23.2 Å². The fourth-order valence-electron chi connectivity index (χ4n) is 1.55. The lowest BCUT2D eigenvalue weighted by atomic mass is 10.3. The molecule has 0 aromatic carbocycles. The largest absolute Gasteiger partial charge is 0.389 e. The van der Waals surface area contributed by atoms with Crippen LogP contribution in [0.25, 0.3) is 0 Å². The number of hydrogen-bond acceptors (Lipinski definition) is 5. The van der Waals surface area contributed by atoms with Gasteiger partial charge in [0.1, 0.15) is 11.6 Å². The number of likely N-dealkylation sites (N-methyl/N-ethyl adjacent to an activating group) is 1. The molecule has 1 aromatic heterocycles. The standard InChI is InChI=1S/C11H17Cl2N3O2/c1-14-10-8(12)4-9(13)11(15-10)16(2)5-7(17)6-18-3/h4,7,17H,5-6H2,1-3H3,(H,14,15). The minimum Gasteiger partial charge on any atom is -0.389 e. The van der Waals surface area contributed by atoms with Crippen molar-refractivity contribution in [3.05, 3.63) is 16.1 Å². The number of aromatic nitrogens is 1. The van der Waals surface area contributed by atoms with E-state index in [0.717, 1.165) is 0 Å². The number of hydrogen-bond donors (Lipinski definition) is 2. The Morgan fingerprint density at radius 2 is 2.17 bits per heavy atom. The predicted octanol–water partition coefficient (Wildman–Crippen LogP) is 1.87. The molecule has 0 bridgehead atoms. The van der Waals surface area contributed by atoms with Crippen molar-refractivity contribution in [2.24, 2.45) is 0 Å². The van der Waals surface area contributed by atoms with Crippen LogP contribution in [0.15, 0.2) is 6.07 Å². The number of ether oxygens (including phenoxy) is 1. The second-order valence-corrected chi connectivity index (χ2v) is 4.68. The minimum atomic E-state index is -0.605. The van der Waals surface area contributed by atoms with Gasteiger partial charge in [0.2, 0.25) is 0 Å². The van der Waals surface area contributed by atoms with E-state index in [-0.39, 0.29) is 6.61 Å². The number of anilines is 2. The molecule has 0 amide bonds. The number of halogens is 2. The lowest BCUT2D eigenvalue weighted by molar-refractivity contribution is 0.0694. The fourth-order valence-corrected chi connectivity index (χ4v) is 2.14. The number of nitrogens with zero attached hydrogens (tertiary/aromatic N) is 2. The number of rotatable bonds is 6. The molecule has 1 unspecified atom stereocenters. The van der Waals surface area contributed by atoms with Crippen LogP contribution in [0.5, 0.6) is 0 Å². The summed E-state index contributed by atoms with van der Waals surface area (Å²) < 4.78 is 4.87. The highest BCUT2D eigenvalue weighted by Crippen LogP contribution is 2.30. The Kier molecular flexibility index (Phi) is 5.95. The Bertz CT molecular complexity index is 404. The lowest BCUT2D eigenvalue weighted by Gasteiger charge is -2.23. The molecular formula is C11H17Cl2N3O2. The molecule has 1 rings (SSSR count). The maximum atomic E-state index is 9.67. The molecule has 0 spiro atoms. The van der Waals surface area contributed by atoms with Crippen LogP contribution in [-0.2, 0) is 4.74 Å². The molecule has 1 heterocycles. The van der Waals surface area contributed by atoms with Gasteiger partial charge in [-0.15, -0.1) is 0 Å². The SMILES string of the molecule is CNc1nc(N(C)CC(O)COC)c(Cl)cc1Cl. The van der Waals surface area contributed by atoms with Crippen LogP contribution in [0.1, 0.15) is 0 Å². The van der Waals surface area contributed by atoms with E-state index in [9.17, 15) is 5.11 Å². The van der Waals surface area contributed by atoms with Gasteiger partial charge in [-0.05, 0) is 6.07 Å². The summed E-state index contributed by atoms with van der Waals surface area (Å²) in [6.45, 7) is 0.625. The highest BCUT2D eigenvalue weighted by Gasteiger charge is 2.15. The van der Waals surface area contributed by atoms with Crippen LogP contribution in [-0.4, -0.2) is 50.6 Å². The van der Waals surface area contributed by atoms with Gasteiger partial charge in [-0.25, -0.2) is 4.98 Å². The average molecular weight is 294 g/mol. The van der Waals surface area contributed by atoms with Crippen molar-refractivity contribution in [1.29, 1.82) is 0 Å². The Hall–Kier alpha value is -0.750. The summed E-state index contributed by atoms with van der Waals surface area (Å²) in [6, 6.07) is 1.62. The molecule has 0 aliphatic rings. The van der Waals surface area contributed by atoms with E-state index in [1.807, 2.05) is 0 Å². The summed E-state index contributed by atoms with van der Waals surface area (Å²) in [4.78, 5) is 6.06. The molecule has 2 N–H and O–H groups in total. The number of methoxy groups -OCH3 is 1. The Morgan fingerprint density at radius 1 is 1.50 bits per heavy atom. The third-order valence-corrected chi connectivity index (χ3v) is 2.92. The Balaban J connectivity index is 2.87. The Morgan fingerprint density at radius 3 is 2.72 bits per heavy atom. The zero-order valence-electron chi connectivity index (χ0n) is 10.6. The van der Waals surface area contributed by atoms with E-state index in [0.29, 0.717) is 28.2 Å². The average Bonchev–Trinajstić information content (AvgIpc) is 2.29. The normalized spacial score (nSPS) is 12.3. The third-order valence-electron chi connectivity index (χ3n) is 2.35.